The van der Waals surface area contributed by atoms with E-state index < -0.39 is 0 Å². The Morgan fingerprint density at radius 1 is 1.15 bits per heavy atom. The van der Waals surface area contributed by atoms with Crippen molar-refractivity contribution in [2.45, 2.75) is 44.6 Å². The van der Waals surface area contributed by atoms with E-state index in [4.69, 9.17) is 5.73 Å². The standard InChI is InChI=1S/C14H18BrN5/c15-13-11(8-5-9-12(13)16)14-17-18-19-20(14)10-6-3-1-2-4-7-10/h5,8-10H,1-4,6-7,16H2. The number of anilines is 1. The molecule has 106 valence electrons. The molecule has 20 heavy (non-hydrogen) atoms. The molecule has 1 fully saturated rings. The van der Waals surface area contributed by atoms with Crippen LogP contribution in [0.1, 0.15) is 44.6 Å². The lowest BCUT2D eigenvalue weighted by Gasteiger charge is -2.16. The number of aromatic nitrogens is 4. The summed E-state index contributed by atoms with van der Waals surface area (Å²) < 4.78 is 2.84. The van der Waals surface area contributed by atoms with E-state index in [9.17, 15) is 0 Å². The van der Waals surface area contributed by atoms with Crippen LogP contribution in [0.15, 0.2) is 22.7 Å². The summed E-state index contributed by atoms with van der Waals surface area (Å²) in [6.45, 7) is 0. The van der Waals surface area contributed by atoms with Gasteiger partial charge in [0.15, 0.2) is 5.82 Å². The first-order valence-electron chi connectivity index (χ1n) is 7.09. The maximum Gasteiger partial charge on any atom is 0.183 e. The summed E-state index contributed by atoms with van der Waals surface area (Å²) >= 11 is 3.54. The van der Waals surface area contributed by atoms with Crippen molar-refractivity contribution in [3.8, 4) is 11.4 Å². The molecule has 0 radical (unpaired) electrons. The lowest BCUT2D eigenvalue weighted by atomic mass is 10.1. The van der Waals surface area contributed by atoms with Gasteiger partial charge in [0.2, 0.25) is 0 Å². The van der Waals surface area contributed by atoms with E-state index >= 15 is 0 Å². The molecule has 1 heterocycles. The van der Waals surface area contributed by atoms with Crippen LogP contribution in [0.5, 0.6) is 0 Å². The molecule has 1 aliphatic carbocycles. The Morgan fingerprint density at radius 2 is 1.90 bits per heavy atom. The van der Waals surface area contributed by atoms with E-state index in [0.29, 0.717) is 11.7 Å². The fourth-order valence-corrected chi connectivity index (χ4v) is 3.28. The van der Waals surface area contributed by atoms with Gasteiger partial charge in [0.25, 0.3) is 0 Å². The van der Waals surface area contributed by atoms with Crippen LogP contribution in [0.25, 0.3) is 11.4 Å². The number of hydrogen-bond acceptors (Lipinski definition) is 4. The third-order valence-electron chi connectivity index (χ3n) is 3.93. The maximum atomic E-state index is 5.96. The van der Waals surface area contributed by atoms with Gasteiger partial charge >= 0.3 is 0 Å². The Bertz CT molecular complexity index is 587. The summed E-state index contributed by atoms with van der Waals surface area (Å²) in [5.74, 6) is 0.802. The molecule has 6 heteroatoms. The van der Waals surface area contributed by atoms with Gasteiger partial charge in [0.05, 0.1) is 10.5 Å². The van der Waals surface area contributed by atoms with Crippen molar-refractivity contribution in [2.75, 3.05) is 5.73 Å². The molecule has 2 N–H and O–H groups in total. The van der Waals surface area contributed by atoms with Crippen LogP contribution in [-0.2, 0) is 0 Å². The summed E-state index contributed by atoms with van der Waals surface area (Å²) in [5.41, 5.74) is 7.62. The van der Waals surface area contributed by atoms with Crippen LogP contribution < -0.4 is 5.73 Å². The molecule has 1 saturated carbocycles. The Kier molecular flexibility index (Phi) is 4.00. The number of benzene rings is 1. The monoisotopic (exact) mass is 335 g/mol. The lowest BCUT2D eigenvalue weighted by molar-refractivity contribution is 0.400. The minimum Gasteiger partial charge on any atom is -0.398 e. The zero-order valence-electron chi connectivity index (χ0n) is 11.3. The molecule has 5 nitrogen and oxygen atoms in total. The van der Waals surface area contributed by atoms with E-state index in [1.54, 1.807) is 0 Å². The van der Waals surface area contributed by atoms with Crippen LogP contribution in [0.3, 0.4) is 0 Å². The lowest BCUT2D eigenvalue weighted by Crippen LogP contribution is -2.12. The Labute approximate surface area is 126 Å². The van der Waals surface area contributed by atoms with Crippen molar-refractivity contribution in [3.63, 3.8) is 0 Å². The average molecular weight is 336 g/mol. The van der Waals surface area contributed by atoms with E-state index in [-0.39, 0.29) is 0 Å². The third kappa shape index (κ3) is 2.57. The van der Waals surface area contributed by atoms with Crippen molar-refractivity contribution in [2.24, 2.45) is 0 Å². The molecular formula is C14H18BrN5. The molecule has 1 aliphatic rings. The predicted octanol–water partition coefficient (Wildman–Crippen LogP) is 3.58. The molecule has 0 unspecified atom stereocenters. The molecule has 0 bridgehead atoms. The predicted molar refractivity (Wildman–Crippen MR) is 82.1 cm³/mol. The molecule has 2 aromatic rings. The Balaban J connectivity index is 1.99. The largest absolute Gasteiger partial charge is 0.398 e. The summed E-state index contributed by atoms with van der Waals surface area (Å²) in [5, 5.41) is 12.3. The highest BCUT2D eigenvalue weighted by Gasteiger charge is 2.21. The van der Waals surface area contributed by atoms with E-state index in [1.165, 1.54) is 25.7 Å². The van der Waals surface area contributed by atoms with Crippen molar-refractivity contribution in [3.05, 3.63) is 22.7 Å². The smallest absolute Gasteiger partial charge is 0.183 e. The number of tetrazole rings is 1. The molecule has 0 aliphatic heterocycles. The highest BCUT2D eigenvalue weighted by atomic mass is 79.9. The van der Waals surface area contributed by atoms with Gasteiger partial charge in [0.1, 0.15) is 0 Å². The fraction of sp³-hybridized carbons (Fsp3) is 0.500. The van der Waals surface area contributed by atoms with E-state index in [2.05, 4.69) is 31.5 Å². The minimum atomic E-state index is 0.399. The van der Waals surface area contributed by atoms with Gasteiger partial charge in [-0.25, -0.2) is 4.68 Å². The summed E-state index contributed by atoms with van der Waals surface area (Å²) in [6.07, 6.45) is 7.44. The van der Waals surface area contributed by atoms with Crippen molar-refractivity contribution in [1.82, 2.24) is 20.2 Å². The Hall–Kier alpha value is -1.43. The zero-order chi connectivity index (χ0) is 13.9. The zero-order valence-corrected chi connectivity index (χ0v) is 12.9. The van der Waals surface area contributed by atoms with Gasteiger partial charge in [0, 0.05) is 11.3 Å². The van der Waals surface area contributed by atoms with Crippen molar-refractivity contribution >= 4 is 21.6 Å². The summed E-state index contributed by atoms with van der Waals surface area (Å²) in [7, 11) is 0. The first-order valence-corrected chi connectivity index (χ1v) is 7.89. The van der Waals surface area contributed by atoms with Gasteiger partial charge in [-0.3, -0.25) is 0 Å². The molecular weight excluding hydrogens is 318 g/mol. The second-order valence-corrected chi connectivity index (χ2v) is 6.09. The molecule has 0 spiro atoms. The Morgan fingerprint density at radius 3 is 2.65 bits per heavy atom. The number of nitrogens with zero attached hydrogens (tertiary/aromatic N) is 4. The van der Waals surface area contributed by atoms with Crippen LogP contribution in [0.4, 0.5) is 5.69 Å². The van der Waals surface area contributed by atoms with Gasteiger partial charge in [-0.1, -0.05) is 31.7 Å². The molecule has 0 amide bonds. The second kappa shape index (κ2) is 5.91. The van der Waals surface area contributed by atoms with Crippen LogP contribution in [0.2, 0.25) is 0 Å². The highest BCUT2D eigenvalue weighted by molar-refractivity contribution is 9.10. The maximum absolute atomic E-state index is 5.96. The summed E-state index contributed by atoms with van der Waals surface area (Å²) in [6, 6.07) is 6.20. The number of nitrogens with two attached hydrogens (primary N) is 1. The van der Waals surface area contributed by atoms with Gasteiger partial charge < -0.3 is 5.73 Å². The molecule has 3 rings (SSSR count). The van der Waals surface area contributed by atoms with Crippen LogP contribution >= 0.6 is 15.9 Å². The number of rotatable bonds is 2. The van der Waals surface area contributed by atoms with E-state index in [1.807, 2.05) is 22.9 Å². The van der Waals surface area contributed by atoms with Gasteiger partial charge in [-0.05, 0) is 51.3 Å². The molecule has 0 saturated heterocycles. The van der Waals surface area contributed by atoms with Gasteiger partial charge in [-0.2, -0.15) is 0 Å². The van der Waals surface area contributed by atoms with Crippen LogP contribution in [-0.4, -0.2) is 20.2 Å². The third-order valence-corrected chi connectivity index (χ3v) is 4.82. The fourth-order valence-electron chi connectivity index (χ4n) is 2.84. The minimum absolute atomic E-state index is 0.399. The quantitative estimate of drug-likeness (QED) is 0.672. The first-order chi connectivity index (χ1) is 9.77. The topological polar surface area (TPSA) is 69.6 Å². The van der Waals surface area contributed by atoms with E-state index in [0.717, 1.165) is 28.7 Å². The number of halogens is 1. The van der Waals surface area contributed by atoms with Crippen molar-refractivity contribution in [1.29, 1.82) is 0 Å². The molecule has 0 atom stereocenters. The first kappa shape index (κ1) is 13.5. The van der Waals surface area contributed by atoms with Gasteiger partial charge in [-0.15, -0.1) is 5.10 Å². The molecule has 1 aromatic carbocycles. The summed E-state index contributed by atoms with van der Waals surface area (Å²) in [4.78, 5) is 0. The molecule has 1 aromatic heterocycles. The average Bonchev–Trinajstić information content (AvgIpc) is 2.77. The normalized spacial score (nSPS) is 17.1. The SMILES string of the molecule is Nc1cccc(-c2nnnn2C2CCCCCC2)c1Br. The number of nitrogen functional groups attached to an aromatic ring is 1. The second-order valence-electron chi connectivity index (χ2n) is 5.30. The van der Waals surface area contributed by atoms with Crippen LogP contribution in [0, 0.1) is 0 Å². The highest BCUT2D eigenvalue weighted by Crippen LogP contribution is 2.34. The van der Waals surface area contributed by atoms with Crippen molar-refractivity contribution < 1.29 is 0 Å². The number of hydrogen-bond donors (Lipinski definition) is 1.